The molecule has 1 heterocycles. The number of rotatable bonds is 8. The number of benzene rings is 3. The molecule has 4 aromatic rings. The van der Waals surface area contributed by atoms with Crippen molar-refractivity contribution in [3.63, 3.8) is 0 Å². The van der Waals surface area contributed by atoms with E-state index in [2.05, 4.69) is 15.5 Å². The van der Waals surface area contributed by atoms with E-state index in [9.17, 15) is 4.79 Å². The third kappa shape index (κ3) is 5.35. The van der Waals surface area contributed by atoms with Crippen molar-refractivity contribution in [1.29, 1.82) is 0 Å². The van der Waals surface area contributed by atoms with Gasteiger partial charge < -0.3 is 14.8 Å². The van der Waals surface area contributed by atoms with E-state index in [1.807, 2.05) is 84.3 Å². The van der Waals surface area contributed by atoms with Crippen LogP contribution in [0.4, 0.5) is 5.69 Å². The highest BCUT2D eigenvalue weighted by atomic mass is 32.2. The minimum absolute atomic E-state index is 0.112. The number of thioether (sulfide) groups is 1. The first kappa shape index (κ1) is 22.4. The van der Waals surface area contributed by atoms with Gasteiger partial charge in [-0.25, -0.2) is 0 Å². The number of aryl methyl sites for hydroxylation is 1. The maximum Gasteiger partial charge on any atom is 0.234 e. The van der Waals surface area contributed by atoms with Crippen LogP contribution in [0.25, 0.3) is 17.1 Å². The molecule has 8 heteroatoms. The number of aromatic nitrogens is 3. The topological polar surface area (TPSA) is 78.3 Å². The second-order valence-electron chi connectivity index (χ2n) is 7.27. The van der Waals surface area contributed by atoms with Crippen molar-refractivity contribution in [1.82, 2.24) is 14.8 Å². The Morgan fingerprint density at radius 3 is 2.09 bits per heavy atom. The fraction of sp³-hybridized carbons (Fsp3) is 0.160. The monoisotopic (exact) mass is 460 g/mol. The average Bonchev–Trinajstić information content (AvgIpc) is 3.28. The Morgan fingerprint density at radius 2 is 1.48 bits per heavy atom. The van der Waals surface area contributed by atoms with Crippen LogP contribution in [-0.2, 0) is 4.79 Å². The second kappa shape index (κ2) is 10.2. The van der Waals surface area contributed by atoms with E-state index in [1.165, 1.54) is 11.8 Å². The molecular weight excluding hydrogens is 436 g/mol. The zero-order chi connectivity index (χ0) is 23.2. The summed E-state index contributed by atoms with van der Waals surface area (Å²) in [5.41, 5.74) is 3.66. The summed E-state index contributed by atoms with van der Waals surface area (Å²) in [5.74, 6) is 2.27. The molecule has 0 unspecified atom stereocenters. The number of nitrogens with one attached hydrogen (secondary N) is 1. The standard InChI is InChI=1S/C25H24N4O3S/c1-17-4-8-19(9-5-17)26-23(30)16-33-25-28-27-24(18-6-12-21(31-2)13-7-18)29(25)20-10-14-22(32-3)15-11-20/h4-15H,16H2,1-3H3,(H,26,30). The van der Waals surface area contributed by atoms with Crippen LogP contribution in [0.3, 0.4) is 0 Å². The molecule has 7 nitrogen and oxygen atoms in total. The van der Waals surface area contributed by atoms with Gasteiger partial charge in [0.25, 0.3) is 0 Å². The molecule has 168 valence electrons. The lowest BCUT2D eigenvalue weighted by molar-refractivity contribution is -0.113. The van der Waals surface area contributed by atoms with Gasteiger partial charge in [-0.2, -0.15) is 0 Å². The molecule has 0 aliphatic carbocycles. The van der Waals surface area contributed by atoms with Crippen LogP contribution in [0, 0.1) is 6.92 Å². The van der Waals surface area contributed by atoms with Gasteiger partial charge in [0, 0.05) is 16.9 Å². The number of hydrogen-bond donors (Lipinski definition) is 1. The molecule has 0 aliphatic rings. The van der Waals surface area contributed by atoms with Gasteiger partial charge in [-0.05, 0) is 67.6 Å². The third-order valence-electron chi connectivity index (χ3n) is 4.98. The Labute approximate surface area is 196 Å². The van der Waals surface area contributed by atoms with Crippen LogP contribution < -0.4 is 14.8 Å². The molecule has 33 heavy (non-hydrogen) atoms. The van der Waals surface area contributed by atoms with Gasteiger partial charge in [0.05, 0.1) is 20.0 Å². The molecule has 3 aromatic carbocycles. The van der Waals surface area contributed by atoms with E-state index in [0.29, 0.717) is 11.0 Å². The van der Waals surface area contributed by atoms with Crippen LogP contribution in [0.5, 0.6) is 11.5 Å². The van der Waals surface area contributed by atoms with Gasteiger partial charge in [0.2, 0.25) is 5.91 Å². The second-order valence-corrected chi connectivity index (χ2v) is 8.21. The lowest BCUT2D eigenvalue weighted by atomic mass is 10.2. The summed E-state index contributed by atoms with van der Waals surface area (Å²) in [6.07, 6.45) is 0. The quantitative estimate of drug-likeness (QED) is 0.373. The van der Waals surface area contributed by atoms with Crippen LogP contribution >= 0.6 is 11.8 Å². The largest absolute Gasteiger partial charge is 0.497 e. The van der Waals surface area contributed by atoms with Crippen LogP contribution in [0.1, 0.15) is 5.56 Å². The number of carbonyl (C=O) groups excluding carboxylic acids is 1. The highest BCUT2D eigenvalue weighted by molar-refractivity contribution is 7.99. The van der Waals surface area contributed by atoms with Crippen LogP contribution in [-0.4, -0.2) is 40.6 Å². The van der Waals surface area contributed by atoms with Gasteiger partial charge in [0.15, 0.2) is 11.0 Å². The summed E-state index contributed by atoms with van der Waals surface area (Å²) < 4.78 is 12.5. The van der Waals surface area contributed by atoms with Crippen molar-refractivity contribution in [3.05, 3.63) is 78.4 Å². The summed E-state index contributed by atoms with van der Waals surface area (Å²) in [6, 6.07) is 23.0. The molecule has 0 bridgehead atoms. The summed E-state index contributed by atoms with van der Waals surface area (Å²) in [6.45, 7) is 2.01. The smallest absolute Gasteiger partial charge is 0.234 e. The minimum atomic E-state index is -0.112. The van der Waals surface area contributed by atoms with Gasteiger partial charge in [-0.15, -0.1) is 10.2 Å². The number of carbonyl (C=O) groups is 1. The highest BCUT2D eigenvalue weighted by Crippen LogP contribution is 2.30. The van der Waals surface area contributed by atoms with Crippen molar-refractivity contribution >= 4 is 23.4 Å². The molecule has 0 saturated carbocycles. The first-order valence-electron chi connectivity index (χ1n) is 10.3. The number of nitrogens with zero attached hydrogens (tertiary/aromatic N) is 3. The molecule has 0 saturated heterocycles. The van der Waals surface area contributed by atoms with Crippen molar-refractivity contribution < 1.29 is 14.3 Å². The number of hydrogen-bond acceptors (Lipinski definition) is 6. The molecule has 0 fully saturated rings. The van der Waals surface area contributed by atoms with E-state index < -0.39 is 0 Å². The van der Waals surface area contributed by atoms with E-state index in [1.54, 1.807) is 14.2 Å². The maximum atomic E-state index is 12.5. The fourth-order valence-corrected chi connectivity index (χ4v) is 3.97. The number of ether oxygens (including phenoxy) is 2. The Kier molecular flexibility index (Phi) is 6.95. The molecule has 1 aromatic heterocycles. The molecular formula is C25H24N4O3S. The molecule has 0 spiro atoms. The Hall–Kier alpha value is -3.78. The van der Waals surface area contributed by atoms with Crippen LogP contribution in [0.2, 0.25) is 0 Å². The maximum absolute atomic E-state index is 12.5. The van der Waals surface area contributed by atoms with E-state index in [4.69, 9.17) is 9.47 Å². The first-order valence-corrected chi connectivity index (χ1v) is 11.3. The third-order valence-corrected chi connectivity index (χ3v) is 5.91. The summed E-state index contributed by atoms with van der Waals surface area (Å²) in [7, 11) is 3.26. The molecule has 0 atom stereocenters. The van der Waals surface area contributed by atoms with Gasteiger partial charge in [-0.3, -0.25) is 9.36 Å². The van der Waals surface area contributed by atoms with Gasteiger partial charge >= 0.3 is 0 Å². The lowest BCUT2D eigenvalue weighted by Crippen LogP contribution is -2.14. The zero-order valence-corrected chi connectivity index (χ0v) is 19.4. The molecule has 1 amide bonds. The fourth-order valence-electron chi connectivity index (χ4n) is 3.22. The lowest BCUT2D eigenvalue weighted by Gasteiger charge is -2.11. The highest BCUT2D eigenvalue weighted by Gasteiger charge is 2.18. The molecule has 4 rings (SSSR count). The van der Waals surface area contributed by atoms with Gasteiger partial charge in [0.1, 0.15) is 11.5 Å². The Bertz CT molecular complexity index is 1220. The number of methoxy groups -OCH3 is 2. The zero-order valence-electron chi connectivity index (χ0n) is 18.6. The predicted molar refractivity (Wildman–Crippen MR) is 130 cm³/mol. The molecule has 1 N–H and O–H groups in total. The first-order chi connectivity index (χ1) is 16.1. The SMILES string of the molecule is COc1ccc(-c2nnc(SCC(=O)Nc3ccc(C)cc3)n2-c2ccc(OC)cc2)cc1. The molecule has 0 radical (unpaired) electrons. The summed E-state index contributed by atoms with van der Waals surface area (Å²) in [4.78, 5) is 12.5. The van der Waals surface area contributed by atoms with Crippen LogP contribution in [0.15, 0.2) is 78.0 Å². The summed E-state index contributed by atoms with van der Waals surface area (Å²) >= 11 is 1.33. The van der Waals surface area contributed by atoms with E-state index in [-0.39, 0.29) is 11.7 Å². The normalized spacial score (nSPS) is 10.6. The Balaban J connectivity index is 1.60. The minimum Gasteiger partial charge on any atom is -0.497 e. The van der Waals surface area contributed by atoms with E-state index in [0.717, 1.165) is 34.0 Å². The van der Waals surface area contributed by atoms with Crippen molar-refractivity contribution in [3.8, 4) is 28.6 Å². The molecule has 0 aliphatic heterocycles. The van der Waals surface area contributed by atoms with Crippen molar-refractivity contribution in [2.24, 2.45) is 0 Å². The average molecular weight is 461 g/mol. The van der Waals surface area contributed by atoms with Crippen molar-refractivity contribution in [2.45, 2.75) is 12.1 Å². The number of amides is 1. The number of anilines is 1. The van der Waals surface area contributed by atoms with Gasteiger partial charge in [-0.1, -0.05) is 29.5 Å². The van der Waals surface area contributed by atoms with E-state index >= 15 is 0 Å². The predicted octanol–water partition coefficient (Wildman–Crippen LogP) is 4.99. The Morgan fingerprint density at radius 1 is 0.879 bits per heavy atom. The summed E-state index contributed by atoms with van der Waals surface area (Å²) in [5, 5.41) is 12.3. The van der Waals surface area contributed by atoms with Crippen molar-refractivity contribution in [2.75, 3.05) is 25.3 Å².